The first kappa shape index (κ1) is 33.9. The van der Waals surface area contributed by atoms with Crippen LogP contribution in [0.3, 0.4) is 0 Å². The van der Waals surface area contributed by atoms with Crippen LogP contribution in [0.1, 0.15) is 84.3 Å². The number of nitrogens with zero attached hydrogens (tertiary/aromatic N) is 3. The van der Waals surface area contributed by atoms with Crippen LogP contribution in [0.5, 0.6) is 11.6 Å². The van der Waals surface area contributed by atoms with Crippen LogP contribution in [0.15, 0.2) is 18.2 Å². The van der Waals surface area contributed by atoms with Crippen molar-refractivity contribution in [3.8, 4) is 11.6 Å². The number of rotatable bonds is 3. The molecule has 5 rings (SSSR count). The van der Waals surface area contributed by atoms with Gasteiger partial charge in [0.25, 0.3) is 0 Å². The summed E-state index contributed by atoms with van der Waals surface area (Å²) in [6.07, 6.45) is -0.599. The van der Waals surface area contributed by atoms with E-state index in [4.69, 9.17) is 19.2 Å². The van der Waals surface area contributed by atoms with Gasteiger partial charge in [-0.3, -0.25) is 9.59 Å². The van der Waals surface area contributed by atoms with E-state index < -0.39 is 53.9 Å². The maximum atomic E-state index is 14.2. The predicted molar refractivity (Wildman–Crippen MR) is 163 cm³/mol. The Kier molecular flexibility index (Phi) is 10.1. The Morgan fingerprint density at radius 1 is 0.978 bits per heavy atom. The second kappa shape index (κ2) is 13.7. The topological polar surface area (TPSA) is 108 Å². The number of aryl methyl sites for hydroxylation is 1. The fourth-order valence-electron chi connectivity index (χ4n) is 7.25. The molecule has 0 unspecified atom stereocenters. The molecular weight excluding hydrogens is 603 g/mol. The SMILES string of the molecule is COc1ccc2nc3c(nc2c1)O[C@H]1CN(C(=O)[C@H](C(C)(C)C)CC(=O)O[C@@H]2CCC[C@H]2CCCCC3)[C@H](C=O)[C@@H]1CC(F)(F)F. The van der Waals surface area contributed by atoms with Crippen LogP contribution in [0, 0.1) is 23.2 Å². The van der Waals surface area contributed by atoms with Crippen molar-refractivity contribution in [3.05, 3.63) is 23.9 Å². The number of fused-ring (bicyclic) bond motifs is 5. The fourth-order valence-corrected chi connectivity index (χ4v) is 7.25. The summed E-state index contributed by atoms with van der Waals surface area (Å²) >= 11 is 0. The lowest BCUT2D eigenvalue weighted by molar-refractivity contribution is -0.158. The van der Waals surface area contributed by atoms with E-state index in [0.717, 1.165) is 49.8 Å². The molecule has 6 atom stereocenters. The number of aromatic nitrogens is 2. The predicted octanol–water partition coefficient (Wildman–Crippen LogP) is 6.24. The molecule has 252 valence electrons. The molecule has 1 amide bonds. The van der Waals surface area contributed by atoms with Crippen LogP contribution >= 0.6 is 0 Å². The first-order valence-corrected chi connectivity index (χ1v) is 16.3. The van der Waals surface area contributed by atoms with Crippen LogP contribution < -0.4 is 9.47 Å². The van der Waals surface area contributed by atoms with Crippen LogP contribution in [0.4, 0.5) is 13.2 Å². The molecule has 1 saturated heterocycles. The third-order valence-corrected chi connectivity index (χ3v) is 9.79. The molecular formula is C34H44F3N3O6. The number of carbonyl (C=O) groups is 3. The molecule has 12 heteroatoms. The van der Waals surface area contributed by atoms with E-state index in [1.54, 1.807) is 39.0 Å². The molecule has 46 heavy (non-hydrogen) atoms. The first-order valence-electron chi connectivity index (χ1n) is 16.3. The molecule has 1 saturated carbocycles. The number of hydrogen-bond acceptors (Lipinski definition) is 8. The van der Waals surface area contributed by atoms with Gasteiger partial charge in [-0.1, -0.05) is 33.6 Å². The molecule has 0 radical (unpaired) electrons. The van der Waals surface area contributed by atoms with Crippen LogP contribution in [-0.2, 0) is 25.5 Å². The maximum Gasteiger partial charge on any atom is 0.389 e. The van der Waals surface area contributed by atoms with Crippen molar-refractivity contribution in [3.63, 3.8) is 0 Å². The van der Waals surface area contributed by atoms with Crippen LogP contribution in [-0.4, -0.2) is 71.1 Å². The highest BCUT2D eigenvalue weighted by atomic mass is 19.4. The van der Waals surface area contributed by atoms with E-state index in [-0.39, 0.29) is 30.9 Å². The van der Waals surface area contributed by atoms with Gasteiger partial charge in [0, 0.05) is 12.0 Å². The van der Waals surface area contributed by atoms with E-state index in [2.05, 4.69) is 4.98 Å². The Bertz CT molecular complexity index is 1430. The Hall–Kier alpha value is -3.44. The summed E-state index contributed by atoms with van der Waals surface area (Å²) < 4.78 is 59.5. The number of esters is 1. The first-order chi connectivity index (χ1) is 21.8. The van der Waals surface area contributed by atoms with Gasteiger partial charge in [-0.2, -0.15) is 13.2 Å². The second-order valence-corrected chi connectivity index (χ2v) is 14.0. The Morgan fingerprint density at radius 2 is 1.74 bits per heavy atom. The number of ether oxygens (including phenoxy) is 3. The van der Waals surface area contributed by atoms with Gasteiger partial charge in [-0.05, 0) is 62.0 Å². The van der Waals surface area contributed by atoms with Gasteiger partial charge in [0.15, 0.2) is 0 Å². The summed E-state index contributed by atoms with van der Waals surface area (Å²) in [5.41, 5.74) is 0.810. The molecule has 3 heterocycles. The van der Waals surface area contributed by atoms with E-state index in [9.17, 15) is 27.6 Å². The van der Waals surface area contributed by atoms with Crippen molar-refractivity contribution in [1.82, 2.24) is 14.9 Å². The number of alkyl halides is 3. The van der Waals surface area contributed by atoms with E-state index in [0.29, 0.717) is 35.2 Å². The molecule has 0 spiro atoms. The fraction of sp³-hybridized carbons (Fsp3) is 0.676. The zero-order valence-electron chi connectivity index (χ0n) is 27.0. The van der Waals surface area contributed by atoms with Crippen molar-refractivity contribution in [2.75, 3.05) is 13.7 Å². The lowest BCUT2D eigenvalue weighted by Crippen LogP contribution is -2.47. The van der Waals surface area contributed by atoms with Gasteiger partial charge in [0.1, 0.15) is 29.9 Å². The number of hydrogen-bond donors (Lipinski definition) is 0. The minimum atomic E-state index is -4.63. The number of carbonyl (C=O) groups excluding carboxylic acids is 3. The highest BCUT2D eigenvalue weighted by Crippen LogP contribution is 2.41. The van der Waals surface area contributed by atoms with Gasteiger partial charge >= 0.3 is 12.1 Å². The van der Waals surface area contributed by atoms with Gasteiger partial charge in [-0.25, -0.2) is 9.97 Å². The van der Waals surface area contributed by atoms with Gasteiger partial charge in [0.2, 0.25) is 11.8 Å². The number of methoxy groups -OCH3 is 1. The molecule has 1 aromatic heterocycles. The zero-order chi connectivity index (χ0) is 33.2. The summed E-state index contributed by atoms with van der Waals surface area (Å²) in [5.74, 6) is -2.51. The Labute approximate surface area is 267 Å². The van der Waals surface area contributed by atoms with Gasteiger partial charge in [-0.15, -0.1) is 0 Å². The highest BCUT2D eigenvalue weighted by molar-refractivity contribution is 5.87. The van der Waals surface area contributed by atoms with E-state index in [1.165, 1.54) is 7.11 Å². The van der Waals surface area contributed by atoms with Crippen LogP contribution in [0.2, 0.25) is 0 Å². The van der Waals surface area contributed by atoms with Crippen molar-refractivity contribution in [2.45, 2.75) is 109 Å². The van der Waals surface area contributed by atoms with Gasteiger partial charge in [0.05, 0.1) is 49.5 Å². The summed E-state index contributed by atoms with van der Waals surface area (Å²) in [6.45, 7) is 5.12. The normalized spacial score (nSPS) is 28.5. The van der Waals surface area contributed by atoms with E-state index >= 15 is 0 Å². The molecule has 2 bridgehead atoms. The highest BCUT2D eigenvalue weighted by Gasteiger charge is 2.52. The third-order valence-electron chi connectivity index (χ3n) is 9.79. The van der Waals surface area contributed by atoms with Gasteiger partial charge < -0.3 is 23.9 Å². The lowest BCUT2D eigenvalue weighted by atomic mass is 9.77. The zero-order valence-corrected chi connectivity index (χ0v) is 27.0. The Balaban J connectivity index is 1.56. The average molecular weight is 648 g/mol. The largest absolute Gasteiger partial charge is 0.497 e. The van der Waals surface area contributed by atoms with Crippen molar-refractivity contribution in [2.24, 2.45) is 23.2 Å². The number of benzene rings is 1. The summed E-state index contributed by atoms with van der Waals surface area (Å²) in [6, 6.07) is 3.80. The molecule has 1 aliphatic carbocycles. The average Bonchev–Trinajstić information content (AvgIpc) is 3.56. The smallest absolute Gasteiger partial charge is 0.389 e. The summed E-state index contributed by atoms with van der Waals surface area (Å²) in [4.78, 5) is 50.6. The molecule has 2 aliphatic heterocycles. The monoisotopic (exact) mass is 647 g/mol. The maximum absolute atomic E-state index is 14.2. The minimum absolute atomic E-state index is 0.0878. The van der Waals surface area contributed by atoms with Crippen LogP contribution in [0.25, 0.3) is 11.0 Å². The van der Waals surface area contributed by atoms with E-state index in [1.807, 2.05) is 0 Å². The van der Waals surface area contributed by atoms with Crippen molar-refractivity contribution < 1.29 is 41.8 Å². The third kappa shape index (κ3) is 7.74. The second-order valence-electron chi connectivity index (χ2n) is 14.0. The molecule has 9 nitrogen and oxygen atoms in total. The molecule has 0 N–H and O–H groups in total. The Morgan fingerprint density at radius 3 is 2.43 bits per heavy atom. The minimum Gasteiger partial charge on any atom is -0.497 e. The molecule has 2 fully saturated rings. The number of aldehydes is 1. The molecule has 1 aromatic carbocycles. The quantitative estimate of drug-likeness (QED) is 0.285. The van der Waals surface area contributed by atoms with Crippen molar-refractivity contribution in [1.29, 1.82) is 0 Å². The number of halogens is 3. The number of amides is 1. The summed E-state index contributed by atoms with van der Waals surface area (Å²) in [5, 5.41) is 0. The lowest BCUT2D eigenvalue weighted by Gasteiger charge is -2.34. The van der Waals surface area contributed by atoms with Crippen molar-refractivity contribution >= 4 is 29.2 Å². The standard InChI is InChI=1S/C34H44F3N3O6/c1-33(2,3)23-16-30(42)45-28-12-8-10-20(28)9-6-5-7-11-25-31(39-26-15-21(44-4)13-14-24(26)38-25)46-29-18-40(32(23)43)27(19-41)22(29)17-34(35,36)37/h13-15,19-20,22-23,27-29H,5-12,16-18H2,1-4H3/t20-,22+,23-,27-,28-,29+/m1/s1. The molecule has 2 aromatic rings. The molecule has 3 aliphatic rings. The summed E-state index contributed by atoms with van der Waals surface area (Å²) in [7, 11) is 1.52.